The van der Waals surface area contributed by atoms with Crippen LogP contribution in [0.25, 0.3) is 11.5 Å². The number of H-pyrrole nitrogens is 1. The first kappa shape index (κ1) is 16.2. The van der Waals surface area contributed by atoms with E-state index in [1.807, 2.05) is 19.1 Å². The molecule has 2 heterocycles. The van der Waals surface area contributed by atoms with Gasteiger partial charge in [-0.2, -0.15) is 10.1 Å². The molecule has 0 aliphatic rings. The van der Waals surface area contributed by atoms with E-state index in [9.17, 15) is 4.79 Å². The lowest BCUT2D eigenvalue weighted by Crippen LogP contribution is -2.06. The van der Waals surface area contributed by atoms with E-state index in [-0.39, 0.29) is 24.0 Å². The molecule has 0 amide bonds. The van der Waals surface area contributed by atoms with Gasteiger partial charge in [-0.05, 0) is 24.6 Å². The van der Waals surface area contributed by atoms with Crippen molar-refractivity contribution in [3.05, 3.63) is 52.6 Å². The number of nitrogens with zero attached hydrogens (tertiary/aromatic N) is 3. The van der Waals surface area contributed by atoms with Gasteiger partial charge in [0, 0.05) is 5.69 Å². The van der Waals surface area contributed by atoms with Crippen LogP contribution in [0.4, 0.5) is 0 Å². The molecule has 0 radical (unpaired) electrons. The van der Waals surface area contributed by atoms with Crippen molar-refractivity contribution in [2.45, 2.75) is 26.4 Å². The Balaban J connectivity index is 1.63. The number of aryl methyl sites for hydroxylation is 1. The molecule has 0 aliphatic heterocycles. The number of carbonyl (C=O) groups excluding carboxylic acids is 1. The summed E-state index contributed by atoms with van der Waals surface area (Å²) < 4.78 is 10.3. The van der Waals surface area contributed by atoms with Crippen LogP contribution in [0.1, 0.15) is 35.4 Å². The molecule has 1 N–H and O–H groups in total. The van der Waals surface area contributed by atoms with Crippen LogP contribution in [0.5, 0.6) is 0 Å². The van der Waals surface area contributed by atoms with E-state index in [1.165, 1.54) is 0 Å². The van der Waals surface area contributed by atoms with Gasteiger partial charge in [0.2, 0.25) is 5.82 Å². The Morgan fingerprint density at radius 1 is 1.38 bits per heavy atom. The fraction of sp³-hybridized carbons (Fsp3) is 0.250. The maximum Gasteiger partial charge on any atom is 0.359 e. The second kappa shape index (κ2) is 7.27. The van der Waals surface area contributed by atoms with E-state index in [2.05, 4.69) is 20.3 Å². The second-order valence-corrected chi connectivity index (χ2v) is 5.51. The van der Waals surface area contributed by atoms with Crippen molar-refractivity contribution in [1.29, 1.82) is 0 Å². The van der Waals surface area contributed by atoms with E-state index in [0.29, 0.717) is 10.6 Å². The van der Waals surface area contributed by atoms with Gasteiger partial charge in [-0.25, -0.2) is 4.79 Å². The summed E-state index contributed by atoms with van der Waals surface area (Å²) in [5.41, 5.74) is 1.75. The molecule has 3 rings (SSSR count). The molecule has 0 fully saturated rings. The summed E-state index contributed by atoms with van der Waals surface area (Å²) in [6.45, 7) is 1.94. The van der Waals surface area contributed by atoms with Gasteiger partial charge in [0.15, 0.2) is 12.3 Å². The average molecular weight is 347 g/mol. The summed E-state index contributed by atoms with van der Waals surface area (Å²) in [6.07, 6.45) is 1.79. The first-order valence-corrected chi connectivity index (χ1v) is 7.84. The van der Waals surface area contributed by atoms with Crippen LogP contribution >= 0.6 is 11.6 Å². The van der Waals surface area contributed by atoms with Gasteiger partial charge in [0.1, 0.15) is 0 Å². The minimum absolute atomic E-state index is 0.108. The van der Waals surface area contributed by atoms with Crippen molar-refractivity contribution in [1.82, 2.24) is 20.3 Å². The standard InChI is InChI=1S/C16H15ClN4O3/c1-2-5-10-8-13(20-19-10)16(22)23-9-14-18-15(24-21-14)11-6-3-4-7-12(11)17/h3-4,6-8H,2,5,9H2,1H3,(H,19,20). The van der Waals surface area contributed by atoms with Gasteiger partial charge < -0.3 is 9.26 Å². The molecular weight excluding hydrogens is 332 g/mol. The van der Waals surface area contributed by atoms with Gasteiger partial charge in [-0.15, -0.1) is 0 Å². The molecule has 0 spiro atoms. The second-order valence-electron chi connectivity index (χ2n) is 5.10. The van der Waals surface area contributed by atoms with Crippen LogP contribution in [-0.2, 0) is 17.8 Å². The maximum atomic E-state index is 12.0. The fourth-order valence-corrected chi connectivity index (χ4v) is 2.34. The summed E-state index contributed by atoms with van der Waals surface area (Å²) in [5.74, 6) is -0.0167. The number of aromatic amines is 1. The van der Waals surface area contributed by atoms with Gasteiger partial charge >= 0.3 is 5.97 Å². The van der Waals surface area contributed by atoms with Crippen molar-refractivity contribution < 1.29 is 14.1 Å². The third kappa shape index (κ3) is 3.62. The highest BCUT2D eigenvalue weighted by Crippen LogP contribution is 2.25. The zero-order valence-corrected chi connectivity index (χ0v) is 13.7. The number of carbonyl (C=O) groups is 1. The highest BCUT2D eigenvalue weighted by molar-refractivity contribution is 6.33. The zero-order chi connectivity index (χ0) is 16.9. The molecule has 3 aromatic rings. The monoisotopic (exact) mass is 346 g/mol. The molecule has 0 unspecified atom stereocenters. The predicted molar refractivity (Wildman–Crippen MR) is 86.4 cm³/mol. The zero-order valence-electron chi connectivity index (χ0n) is 13.0. The predicted octanol–water partition coefficient (Wildman–Crippen LogP) is 3.42. The number of aromatic nitrogens is 4. The molecule has 0 bridgehead atoms. The van der Waals surface area contributed by atoms with Crippen LogP contribution in [0, 0.1) is 0 Å². The molecule has 0 atom stereocenters. The van der Waals surface area contributed by atoms with Crippen LogP contribution in [0.3, 0.4) is 0 Å². The smallest absolute Gasteiger partial charge is 0.359 e. The maximum absolute atomic E-state index is 12.0. The summed E-state index contributed by atoms with van der Waals surface area (Å²) in [7, 11) is 0. The lowest BCUT2D eigenvalue weighted by molar-refractivity contribution is 0.0452. The third-order valence-electron chi connectivity index (χ3n) is 3.26. The molecule has 0 saturated carbocycles. The van der Waals surface area contributed by atoms with Crippen LogP contribution in [0.2, 0.25) is 5.02 Å². The van der Waals surface area contributed by atoms with Crippen LogP contribution in [0.15, 0.2) is 34.9 Å². The minimum Gasteiger partial charge on any atom is -0.453 e. The Kier molecular flexibility index (Phi) is 4.90. The lowest BCUT2D eigenvalue weighted by atomic mass is 10.2. The topological polar surface area (TPSA) is 93.9 Å². The first-order chi connectivity index (χ1) is 11.7. The van der Waals surface area contributed by atoms with Crippen molar-refractivity contribution in [2.24, 2.45) is 0 Å². The number of hydrogen-bond donors (Lipinski definition) is 1. The van der Waals surface area contributed by atoms with Crippen molar-refractivity contribution >= 4 is 17.6 Å². The van der Waals surface area contributed by atoms with E-state index < -0.39 is 5.97 Å². The Morgan fingerprint density at radius 2 is 2.21 bits per heavy atom. The van der Waals surface area contributed by atoms with Crippen molar-refractivity contribution in [3.8, 4) is 11.5 Å². The fourth-order valence-electron chi connectivity index (χ4n) is 2.12. The average Bonchev–Trinajstić information content (AvgIpc) is 3.23. The summed E-state index contributed by atoms with van der Waals surface area (Å²) >= 11 is 6.08. The Labute approximate surface area is 143 Å². The molecule has 0 saturated heterocycles. The number of hydrogen-bond acceptors (Lipinski definition) is 6. The van der Waals surface area contributed by atoms with Gasteiger partial charge in [-0.1, -0.05) is 42.2 Å². The normalized spacial score (nSPS) is 10.8. The van der Waals surface area contributed by atoms with E-state index >= 15 is 0 Å². The Morgan fingerprint density at radius 3 is 3.00 bits per heavy atom. The van der Waals surface area contributed by atoms with Crippen molar-refractivity contribution in [2.75, 3.05) is 0 Å². The number of nitrogens with one attached hydrogen (secondary N) is 1. The molecule has 124 valence electrons. The molecule has 1 aromatic carbocycles. The Bertz CT molecular complexity index is 843. The molecule has 24 heavy (non-hydrogen) atoms. The molecule has 8 heteroatoms. The SMILES string of the molecule is CCCc1cc(C(=O)OCc2noc(-c3ccccc3Cl)n2)n[nH]1. The molecule has 2 aromatic heterocycles. The van der Waals surface area contributed by atoms with Crippen LogP contribution in [-0.4, -0.2) is 26.3 Å². The largest absolute Gasteiger partial charge is 0.453 e. The highest BCUT2D eigenvalue weighted by atomic mass is 35.5. The number of esters is 1. The molecule has 7 nitrogen and oxygen atoms in total. The number of rotatable bonds is 6. The Hall–Kier alpha value is -2.67. The summed E-state index contributed by atoms with van der Waals surface area (Å²) in [6, 6.07) is 8.80. The highest BCUT2D eigenvalue weighted by Gasteiger charge is 2.15. The van der Waals surface area contributed by atoms with Crippen LogP contribution < -0.4 is 0 Å². The summed E-state index contributed by atoms with van der Waals surface area (Å²) in [4.78, 5) is 16.1. The summed E-state index contributed by atoms with van der Waals surface area (Å²) in [5, 5.41) is 11.0. The van der Waals surface area contributed by atoms with Gasteiger partial charge in [0.05, 0.1) is 10.6 Å². The van der Waals surface area contributed by atoms with E-state index in [4.69, 9.17) is 20.9 Å². The van der Waals surface area contributed by atoms with E-state index in [0.717, 1.165) is 18.5 Å². The quantitative estimate of drug-likeness (QED) is 0.687. The molecular formula is C16H15ClN4O3. The van der Waals surface area contributed by atoms with Crippen molar-refractivity contribution in [3.63, 3.8) is 0 Å². The first-order valence-electron chi connectivity index (χ1n) is 7.46. The van der Waals surface area contributed by atoms with E-state index in [1.54, 1.807) is 18.2 Å². The number of benzene rings is 1. The third-order valence-corrected chi connectivity index (χ3v) is 3.59. The lowest BCUT2D eigenvalue weighted by Gasteiger charge is -1.98. The number of ether oxygens (including phenoxy) is 1. The van der Waals surface area contributed by atoms with Gasteiger partial charge in [0.25, 0.3) is 5.89 Å². The minimum atomic E-state index is -0.544. The molecule has 0 aliphatic carbocycles. The number of halogens is 1. The van der Waals surface area contributed by atoms with Gasteiger partial charge in [-0.3, -0.25) is 5.10 Å².